The Morgan fingerprint density at radius 1 is 1.18 bits per heavy atom. The van der Waals surface area contributed by atoms with Gasteiger partial charge in [0.1, 0.15) is 5.75 Å². The van der Waals surface area contributed by atoms with Crippen LogP contribution in [0.25, 0.3) is 11.4 Å². The minimum absolute atomic E-state index is 0.155. The first kappa shape index (κ1) is 23.3. The number of thioether (sulfide) groups is 1. The van der Waals surface area contributed by atoms with Crippen molar-refractivity contribution in [3.63, 3.8) is 0 Å². The van der Waals surface area contributed by atoms with Gasteiger partial charge < -0.3 is 5.11 Å². The number of hydrogen-bond acceptors (Lipinski definition) is 6. The van der Waals surface area contributed by atoms with Gasteiger partial charge in [0.25, 0.3) is 5.91 Å². The molecule has 0 atom stereocenters. The lowest BCUT2D eigenvalue weighted by atomic mass is 9.95. The van der Waals surface area contributed by atoms with Crippen molar-refractivity contribution in [1.29, 1.82) is 0 Å². The summed E-state index contributed by atoms with van der Waals surface area (Å²) in [6, 6.07) is 14.7. The number of hydrogen-bond donors (Lipinski definition) is 2. The van der Waals surface area contributed by atoms with Gasteiger partial charge in [-0.3, -0.25) is 9.36 Å². The molecule has 0 spiro atoms. The fourth-order valence-electron chi connectivity index (χ4n) is 3.94. The number of carbonyl (C=O) groups is 1. The van der Waals surface area contributed by atoms with Crippen molar-refractivity contribution in [1.82, 2.24) is 20.2 Å². The highest BCUT2D eigenvalue weighted by Gasteiger charge is 2.24. The number of amides is 1. The maximum absolute atomic E-state index is 12.5. The second-order valence-electron chi connectivity index (χ2n) is 8.05. The summed E-state index contributed by atoms with van der Waals surface area (Å²) < 4.78 is 2.18. The van der Waals surface area contributed by atoms with Crippen molar-refractivity contribution in [2.24, 2.45) is 5.10 Å². The number of carbonyl (C=O) groups excluding carboxylic acids is 1. The number of phenolic OH excluding ortho intramolecular Hbond substituents is 1. The standard InChI is InChI=1S/C24H26ClN5O2S/c1-16(18-6-5-9-21(31)14-18)26-27-22(32)15-33-24-29-28-23(17-10-12-19(25)13-11-17)30(24)20-7-3-2-4-8-20/h5-6,9-14,20,31H,2-4,7-8,15H2,1H3,(H,27,32). The molecule has 1 aliphatic carbocycles. The van der Waals surface area contributed by atoms with Crippen molar-refractivity contribution >= 4 is 35.0 Å². The monoisotopic (exact) mass is 483 g/mol. The Morgan fingerprint density at radius 3 is 2.67 bits per heavy atom. The smallest absolute Gasteiger partial charge is 0.250 e. The third kappa shape index (κ3) is 5.94. The summed E-state index contributed by atoms with van der Waals surface area (Å²) in [5.74, 6) is 0.898. The van der Waals surface area contributed by atoms with Crippen LogP contribution in [-0.4, -0.2) is 37.2 Å². The van der Waals surface area contributed by atoms with E-state index >= 15 is 0 Å². The number of aromatic nitrogens is 3. The zero-order valence-corrected chi connectivity index (χ0v) is 19.9. The van der Waals surface area contributed by atoms with Crippen LogP contribution in [0.15, 0.2) is 58.8 Å². The first-order valence-corrected chi connectivity index (χ1v) is 12.3. The summed E-state index contributed by atoms with van der Waals surface area (Å²) in [7, 11) is 0. The van der Waals surface area contributed by atoms with E-state index in [0.717, 1.165) is 34.9 Å². The molecule has 1 amide bonds. The zero-order chi connectivity index (χ0) is 23.2. The molecule has 2 N–H and O–H groups in total. The van der Waals surface area contributed by atoms with Crippen molar-refractivity contribution < 1.29 is 9.90 Å². The quantitative estimate of drug-likeness (QED) is 0.265. The van der Waals surface area contributed by atoms with Gasteiger partial charge in [0.05, 0.1) is 11.5 Å². The van der Waals surface area contributed by atoms with Crippen LogP contribution in [0.3, 0.4) is 0 Å². The third-order valence-electron chi connectivity index (χ3n) is 5.65. The number of nitrogens with one attached hydrogen (secondary N) is 1. The molecular weight excluding hydrogens is 458 g/mol. The minimum Gasteiger partial charge on any atom is -0.508 e. The van der Waals surface area contributed by atoms with Gasteiger partial charge in [0, 0.05) is 22.2 Å². The fourth-order valence-corrected chi connectivity index (χ4v) is 4.87. The first-order chi connectivity index (χ1) is 16.0. The van der Waals surface area contributed by atoms with Gasteiger partial charge in [-0.1, -0.05) is 54.8 Å². The highest BCUT2D eigenvalue weighted by Crippen LogP contribution is 2.35. The van der Waals surface area contributed by atoms with Gasteiger partial charge in [0.15, 0.2) is 11.0 Å². The Kier molecular flexibility index (Phi) is 7.67. The molecule has 172 valence electrons. The molecule has 1 fully saturated rings. The van der Waals surface area contributed by atoms with Crippen molar-refractivity contribution in [2.75, 3.05) is 5.75 Å². The van der Waals surface area contributed by atoms with Crippen LogP contribution in [0.2, 0.25) is 5.02 Å². The fraction of sp³-hybridized carbons (Fsp3) is 0.333. The van der Waals surface area contributed by atoms with Crippen LogP contribution >= 0.6 is 23.4 Å². The summed E-state index contributed by atoms with van der Waals surface area (Å²) >= 11 is 7.42. The van der Waals surface area contributed by atoms with E-state index in [4.69, 9.17) is 11.6 Å². The predicted octanol–water partition coefficient (Wildman–Crippen LogP) is 5.44. The zero-order valence-electron chi connectivity index (χ0n) is 18.4. The highest BCUT2D eigenvalue weighted by atomic mass is 35.5. The van der Waals surface area contributed by atoms with Crippen molar-refractivity contribution in [3.05, 3.63) is 59.1 Å². The van der Waals surface area contributed by atoms with E-state index in [-0.39, 0.29) is 17.4 Å². The SMILES string of the molecule is CC(=NNC(=O)CSc1nnc(-c2ccc(Cl)cc2)n1C1CCCCC1)c1cccc(O)c1. The van der Waals surface area contributed by atoms with Crippen LogP contribution in [-0.2, 0) is 4.79 Å². The molecular formula is C24H26ClN5O2S. The average Bonchev–Trinajstić information content (AvgIpc) is 3.26. The minimum atomic E-state index is -0.231. The number of benzene rings is 2. The number of halogens is 1. The highest BCUT2D eigenvalue weighted by molar-refractivity contribution is 7.99. The Bertz CT molecular complexity index is 1140. The van der Waals surface area contributed by atoms with E-state index < -0.39 is 0 Å². The molecule has 1 aromatic heterocycles. The molecule has 0 bridgehead atoms. The molecule has 9 heteroatoms. The van der Waals surface area contributed by atoms with Crippen LogP contribution in [0, 0.1) is 0 Å². The van der Waals surface area contributed by atoms with Gasteiger partial charge in [-0.15, -0.1) is 10.2 Å². The van der Waals surface area contributed by atoms with E-state index in [1.54, 1.807) is 25.1 Å². The summed E-state index contributed by atoms with van der Waals surface area (Å²) in [6.07, 6.45) is 5.75. The maximum Gasteiger partial charge on any atom is 0.250 e. The largest absolute Gasteiger partial charge is 0.508 e. The summed E-state index contributed by atoms with van der Waals surface area (Å²) in [5.41, 5.74) is 4.90. The second kappa shape index (κ2) is 10.9. The lowest BCUT2D eigenvalue weighted by Crippen LogP contribution is -2.22. The molecule has 0 unspecified atom stereocenters. The average molecular weight is 484 g/mol. The molecule has 3 aromatic rings. The molecule has 1 saturated carbocycles. The lowest BCUT2D eigenvalue weighted by Gasteiger charge is -2.25. The normalized spacial score (nSPS) is 14.9. The number of phenols is 1. The maximum atomic E-state index is 12.5. The molecule has 1 heterocycles. The summed E-state index contributed by atoms with van der Waals surface area (Å²) in [4.78, 5) is 12.5. The molecule has 2 aromatic carbocycles. The second-order valence-corrected chi connectivity index (χ2v) is 9.43. The molecule has 4 rings (SSSR count). The molecule has 0 saturated heterocycles. The van der Waals surface area contributed by atoms with E-state index in [2.05, 4.69) is 25.3 Å². The lowest BCUT2D eigenvalue weighted by molar-refractivity contribution is -0.118. The number of rotatable bonds is 7. The molecule has 7 nitrogen and oxygen atoms in total. The van der Waals surface area contributed by atoms with Gasteiger partial charge in [-0.25, -0.2) is 5.43 Å². The van der Waals surface area contributed by atoms with Crippen molar-refractivity contribution in [3.8, 4) is 17.1 Å². The Hall–Kier alpha value is -2.84. The summed E-state index contributed by atoms with van der Waals surface area (Å²) in [5, 5.41) is 24.1. The van der Waals surface area contributed by atoms with E-state index in [0.29, 0.717) is 16.8 Å². The number of nitrogens with zero attached hydrogens (tertiary/aromatic N) is 4. The van der Waals surface area contributed by atoms with Crippen LogP contribution in [0.1, 0.15) is 50.6 Å². The van der Waals surface area contributed by atoms with Crippen molar-refractivity contribution in [2.45, 2.75) is 50.2 Å². The summed E-state index contributed by atoms with van der Waals surface area (Å²) in [6.45, 7) is 1.78. The molecule has 0 aliphatic heterocycles. The Labute approximate surface area is 202 Å². The molecule has 33 heavy (non-hydrogen) atoms. The predicted molar refractivity (Wildman–Crippen MR) is 132 cm³/mol. The topological polar surface area (TPSA) is 92.4 Å². The van der Waals surface area contributed by atoms with Gasteiger partial charge in [-0.2, -0.15) is 5.10 Å². The number of aromatic hydroxyl groups is 1. The van der Waals surface area contributed by atoms with Gasteiger partial charge in [-0.05, 0) is 56.2 Å². The van der Waals surface area contributed by atoms with E-state index in [1.165, 1.54) is 31.0 Å². The van der Waals surface area contributed by atoms with Crippen LogP contribution < -0.4 is 5.43 Å². The third-order valence-corrected chi connectivity index (χ3v) is 6.85. The molecule has 1 aliphatic rings. The van der Waals surface area contributed by atoms with E-state index in [1.807, 2.05) is 30.3 Å². The molecule has 0 radical (unpaired) electrons. The van der Waals surface area contributed by atoms with Crippen LogP contribution in [0.5, 0.6) is 5.75 Å². The van der Waals surface area contributed by atoms with Gasteiger partial charge in [0.2, 0.25) is 0 Å². The van der Waals surface area contributed by atoms with Crippen LogP contribution in [0.4, 0.5) is 0 Å². The van der Waals surface area contributed by atoms with Gasteiger partial charge >= 0.3 is 0 Å². The Morgan fingerprint density at radius 2 is 1.94 bits per heavy atom. The first-order valence-electron chi connectivity index (χ1n) is 11.0. The Balaban J connectivity index is 1.47. The number of hydrazone groups is 1. The van der Waals surface area contributed by atoms with E-state index in [9.17, 15) is 9.90 Å².